The number of hydrogen-bond acceptors (Lipinski definition) is 12. The van der Waals surface area contributed by atoms with Gasteiger partial charge < -0.3 is 50.7 Å². The van der Waals surface area contributed by atoms with Gasteiger partial charge in [0.05, 0.1) is 23.3 Å². The van der Waals surface area contributed by atoms with Crippen LogP contribution in [0, 0.1) is 6.92 Å². The second-order valence-electron chi connectivity index (χ2n) is 8.24. The first-order valence-corrected chi connectivity index (χ1v) is 10.2. The third-order valence-corrected chi connectivity index (χ3v) is 6.33. The number of carboxylic acids is 1. The Labute approximate surface area is 248 Å². The maximum absolute atomic E-state index is 13.4. The van der Waals surface area contributed by atoms with E-state index >= 15 is 0 Å². The van der Waals surface area contributed by atoms with E-state index in [2.05, 4.69) is 0 Å². The smallest absolute Gasteiger partial charge is 0.507 e. The van der Waals surface area contributed by atoms with Crippen LogP contribution in [-0.2, 0) is 4.74 Å². The van der Waals surface area contributed by atoms with Gasteiger partial charge in [0.25, 0.3) is 0 Å². The molecule has 5 atom stereocenters. The van der Waals surface area contributed by atoms with Crippen molar-refractivity contribution in [3.63, 3.8) is 0 Å². The number of benzene rings is 2. The van der Waals surface area contributed by atoms with Crippen molar-refractivity contribution in [1.29, 1.82) is 0 Å². The molecule has 0 radical (unpaired) electrons. The van der Waals surface area contributed by atoms with Crippen LogP contribution in [0.15, 0.2) is 6.07 Å². The van der Waals surface area contributed by atoms with Crippen LogP contribution in [0.5, 0.6) is 23.0 Å². The van der Waals surface area contributed by atoms with Crippen LogP contribution in [-0.4, -0.2) is 150 Å². The molecule has 0 aromatic heterocycles. The van der Waals surface area contributed by atoms with Crippen molar-refractivity contribution in [3.8, 4) is 23.0 Å². The summed E-state index contributed by atoms with van der Waals surface area (Å²) in [6, 6.07) is 0.716. The van der Waals surface area contributed by atoms with Gasteiger partial charge in [-0.3, -0.25) is 9.59 Å². The van der Waals surface area contributed by atoms with Crippen molar-refractivity contribution in [2.75, 3.05) is 6.61 Å². The number of fused-ring (bicyclic) bond motifs is 2. The third-order valence-electron chi connectivity index (χ3n) is 6.33. The van der Waals surface area contributed by atoms with E-state index in [4.69, 9.17) is 4.74 Å². The molecule has 1 fully saturated rings. The number of phenolic OH excluding ortho intramolecular Hbond substituents is 3. The van der Waals surface area contributed by atoms with Gasteiger partial charge in [0.15, 0.2) is 23.1 Å². The zero-order valence-electron chi connectivity index (χ0n) is 19.1. The van der Waals surface area contributed by atoms with Crippen LogP contribution in [0.1, 0.15) is 59.4 Å². The van der Waals surface area contributed by atoms with E-state index in [9.17, 15) is 60.3 Å². The zero-order valence-corrected chi connectivity index (χ0v) is 22.5. The van der Waals surface area contributed by atoms with Crippen LogP contribution in [0.25, 0.3) is 0 Å². The molecule has 2 aromatic rings. The Balaban J connectivity index is 0.00000241. The quantitative estimate of drug-likeness (QED) is 0.0963. The third kappa shape index (κ3) is 4.51. The SMILES string of the molecule is Cc1c(C(=O)O)c(O)cc2c1C(=O)c1c(O)c(C3O[C@H](CO)[C@@H](O)[C@H](O)[C@H]3O)c(O)c(O)c1C2=O.[Al+3].[Ca+2]. The molecule has 0 amide bonds. The van der Waals surface area contributed by atoms with Crippen LogP contribution in [0.4, 0.5) is 0 Å². The minimum absolute atomic E-state index is 0. The molecule has 0 spiro atoms. The minimum Gasteiger partial charge on any atom is -0.507 e. The monoisotopic (exact) mass is 559 g/mol. The first-order chi connectivity index (χ1) is 16.3. The second-order valence-corrected chi connectivity index (χ2v) is 8.24. The summed E-state index contributed by atoms with van der Waals surface area (Å²) in [7, 11) is 0. The molecule has 1 heterocycles. The molecule has 0 bridgehead atoms. The van der Waals surface area contributed by atoms with Gasteiger partial charge in [0, 0.05) is 11.1 Å². The first kappa shape index (κ1) is 31.3. The molecule has 1 aliphatic carbocycles. The molecule has 1 saturated heterocycles. The molecule has 186 valence electrons. The summed E-state index contributed by atoms with van der Waals surface area (Å²) < 4.78 is 5.30. The van der Waals surface area contributed by atoms with E-state index in [0.717, 1.165) is 6.92 Å². The molecular formula is C22H20AlCaO13+5. The van der Waals surface area contributed by atoms with Crippen LogP contribution in [0.3, 0.4) is 0 Å². The predicted molar refractivity (Wildman–Crippen MR) is 122 cm³/mol. The van der Waals surface area contributed by atoms with Crippen LogP contribution < -0.4 is 0 Å². The van der Waals surface area contributed by atoms with Crippen molar-refractivity contribution in [2.24, 2.45) is 0 Å². The number of aromatic carboxylic acids is 1. The van der Waals surface area contributed by atoms with E-state index in [0.29, 0.717) is 6.07 Å². The molecule has 2 aromatic carbocycles. The number of carboxylic acid groups (broad SMARTS) is 1. The molecule has 0 saturated carbocycles. The molecule has 2 aliphatic rings. The number of ketones is 2. The summed E-state index contributed by atoms with van der Waals surface area (Å²) in [5.74, 6) is -8.24. The molecule has 15 heteroatoms. The van der Waals surface area contributed by atoms with Gasteiger partial charge in [-0.05, 0) is 18.6 Å². The molecule has 4 rings (SSSR count). The van der Waals surface area contributed by atoms with Crippen LogP contribution >= 0.6 is 0 Å². The fraction of sp³-hybridized carbons (Fsp3) is 0.318. The van der Waals surface area contributed by atoms with Gasteiger partial charge >= 0.3 is 61.1 Å². The van der Waals surface area contributed by atoms with E-state index in [1.54, 1.807) is 0 Å². The molecule has 1 aliphatic heterocycles. The second kappa shape index (κ2) is 11.0. The molecule has 37 heavy (non-hydrogen) atoms. The van der Waals surface area contributed by atoms with Crippen LogP contribution in [0.2, 0.25) is 0 Å². The fourth-order valence-corrected chi connectivity index (χ4v) is 4.58. The van der Waals surface area contributed by atoms with Crippen molar-refractivity contribution in [3.05, 3.63) is 45.0 Å². The number of aliphatic hydroxyl groups excluding tert-OH is 4. The Hall–Kier alpha value is -1.96. The van der Waals surface area contributed by atoms with Crippen molar-refractivity contribution in [1.82, 2.24) is 0 Å². The summed E-state index contributed by atoms with van der Waals surface area (Å²) in [4.78, 5) is 38.1. The Morgan fingerprint density at radius 2 is 1.46 bits per heavy atom. The number of phenols is 4. The summed E-state index contributed by atoms with van der Waals surface area (Å²) in [6.45, 7) is 0.291. The summed E-state index contributed by atoms with van der Waals surface area (Å²) in [5, 5.41) is 91.5. The van der Waals surface area contributed by atoms with Gasteiger partial charge in [-0.25, -0.2) is 4.79 Å². The number of carbonyl (C=O) groups is 3. The summed E-state index contributed by atoms with van der Waals surface area (Å²) in [6.07, 6.45) is -9.12. The first-order valence-electron chi connectivity index (χ1n) is 10.2. The van der Waals surface area contributed by atoms with E-state index in [1.807, 2.05) is 0 Å². The Morgan fingerprint density at radius 1 is 0.892 bits per heavy atom. The maximum atomic E-state index is 13.4. The topological polar surface area (TPSA) is 243 Å². The summed E-state index contributed by atoms with van der Waals surface area (Å²) >= 11 is 0. The molecule has 13 nitrogen and oxygen atoms in total. The Bertz CT molecular complexity index is 1310. The van der Waals surface area contributed by atoms with Gasteiger partial charge in [-0.1, -0.05) is 0 Å². The van der Waals surface area contributed by atoms with Gasteiger partial charge in [0.1, 0.15) is 47.6 Å². The number of rotatable bonds is 3. The van der Waals surface area contributed by atoms with Crippen molar-refractivity contribution >= 4 is 72.6 Å². The van der Waals surface area contributed by atoms with Gasteiger partial charge in [0.2, 0.25) is 0 Å². The average molecular weight is 559 g/mol. The fourth-order valence-electron chi connectivity index (χ4n) is 4.58. The minimum atomic E-state index is -2.03. The normalized spacial score (nSPS) is 24.4. The average Bonchev–Trinajstić information content (AvgIpc) is 2.79. The number of aliphatic hydroxyl groups is 4. The Morgan fingerprint density at radius 3 is 2.00 bits per heavy atom. The zero-order chi connectivity index (χ0) is 26.1. The van der Waals surface area contributed by atoms with Crippen molar-refractivity contribution < 1.29 is 65.1 Å². The molecule has 9 N–H and O–H groups in total. The number of hydrogen-bond donors (Lipinski definition) is 9. The van der Waals surface area contributed by atoms with Gasteiger partial charge in [-0.15, -0.1) is 0 Å². The number of ether oxygens (including phenoxy) is 1. The molecule has 1 unspecified atom stereocenters. The molecular weight excluding hydrogens is 539 g/mol. The standard InChI is InChI=1S/C22H20O13.Al.Ca/c1-4-8-5(2-6(24)9(4)22(33)34)13(25)10-11(15(8)27)16(28)12(18(30)17(10)29)21-20(32)19(31)14(26)7(3-23)35-21;;/h2,7,14,19-21,23-24,26,28-32H,3H2,1H3,(H,33,34);;/q;+3;+2/t7-,14-,19+,20-,21?;;/m1../s1. The summed E-state index contributed by atoms with van der Waals surface area (Å²) in [5.41, 5.74) is -4.49. The maximum Gasteiger partial charge on any atom is 3.00 e. The Kier molecular flexibility index (Phi) is 9.32. The van der Waals surface area contributed by atoms with E-state index in [-0.39, 0.29) is 60.7 Å². The van der Waals surface area contributed by atoms with Crippen molar-refractivity contribution in [2.45, 2.75) is 37.4 Å². The number of aromatic hydroxyl groups is 4. The predicted octanol–water partition coefficient (Wildman–Crippen LogP) is -1.96. The largest absolute Gasteiger partial charge is 3.00 e. The number of carbonyl (C=O) groups excluding carboxylic acids is 2. The van der Waals surface area contributed by atoms with Gasteiger partial charge in [-0.2, -0.15) is 0 Å². The van der Waals surface area contributed by atoms with E-state index in [1.165, 1.54) is 0 Å². The van der Waals surface area contributed by atoms with E-state index < -0.39 is 111 Å².